The molecule has 132 valence electrons. The molecule has 0 heterocycles. The normalized spacial score (nSPS) is 11.4. The Morgan fingerprint density at radius 1 is 0.826 bits per heavy atom. The van der Waals surface area contributed by atoms with Gasteiger partial charge in [-0.25, -0.2) is 9.59 Å². The van der Waals surface area contributed by atoms with E-state index in [1.54, 1.807) is 0 Å². The van der Waals surface area contributed by atoms with Crippen molar-refractivity contribution in [2.45, 2.75) is 18.3 Å². The number of hydrogen-bond acceptors (Lipinski definition) is 2. The quantitative estimate of drug-likeness (QED) is 0.763. The van der Waals surface area contributed by atoms with Gasteiger partial charge in [0.15, 0.2) is 5.92 Å². The highest BCUT2D eigenvalue weighted by atomic mass is 35.5. The SMILES string of the molecule is Cl.Cl.O=C(O)c1ccc(C(C(F)(F)F)C(F)(F)F)cc1C(=O)O. The van der Waals surface area contributed by atoms with Crippen LogP contribution in [0.4, 0.5) is 26.3 Å². The number of carbonyl (C=O) groups is 2. The second-order valence-corrected chi connectivity index (χ2v) is 3.93. The molecule has 0 atom stereocenters. The maximum absolute atomic E-state index is 12.5. The number of halogens is 8. The molecule has 0 radical (unpaired) electrons. The summed E-state index contributed by atoms with van der Waals surface area (Å²) in [6.45, 7) is 0. The summed E-state index contributed by atoms with van der Waals surface area (Å²) in [6, 6.07) is 0.755. The van der Waals surface area contributed by atoms with Crippen molar-refractivity contribution in [1.82, 2.24) is 0 Å². The number of rotatable bonds is 3. The standard InChI is InChI=1S/C11H6F6O4.2ClH/c12-10(13,14)7(11(15,16)17)4-1-2-5(8(18)19)6(3-4)9(20)21;;/h1-3,7H,(H,18,19)(H,20,21);2*1H. The zero-order valence-corrected chi connectivity index (χ0v) is 12.2. The smallest absolute Gasteiger partial charge is 0.404 e. The molecule has 0 aromatic heterocycles. The molecule has 23 heavy (non-hydrogen) atoms. The molecule has 0 unspecified atom stereocenters. The van der Waals surface area contributed by atoms with Crippen molar-refractivity contribution in [3.63, 3.8) is 0 Å². The molecule has 0 bridgehead atoms. The van der Waals surface area contributed by atoms with Crippen LogP contribution in [0.3, 0.4) is 0 Å². The molecule has 2 N–H and O–H groups in total. The topological polar surface area (TPSA) is 74.6 Å². The van der Waals surface area contributed by atoms with Crippen molar-refractivity contribution in [3.8, 4) is 0 Å². The van der Waals surface area contributed by atoms with Crippen molar-refractivity contribution in [2.24, 2.45) is 0 Å². The number of hydrogen-bond donors (Lipinski definition) is 2. The van der Waals surface area contributed by atoms with E-state index in [1.807, 2.05) is 0 Å². The Balaban J connectivity index is 0. The first-order valence-electron chi connectivity index (χ1n) is 5.09. The zero-order valence-electron chi connectivity index (χ0n) is 10.6. The Morgan fingerprint density at radius 2 is 1.22 bits per heavy atom. The minimum absolute atomic E-state index is 0. The van der Waals surface area contributed by atoms with Gasteiger partial charge in [0.05, 0.1) is 11.1 Å². The molecule has 0 aliphatic heterocycles. The van der Waals surface area contributed by atoms with Crippen LogP contribution in [-0.2, 0) is 0 Å². The van der Waals surface area contributed by atoms with Gasteiger partial charge in [0, 0.05) is 0 Å². The molecular weight excluding hydrogens is 381 g/mol. The van der Waals surface area contributed by atoms with Crippen LogP contribution in [0, 0.1) is 0 Å². The number of aromatic carboxylic acids is 2. The summed E-state index contributed by atoms with van der Waals surface area (Å²) in [4.78, 5) is 21.5. The fraction of sp³-hybridized carbons (Fsp3) is 0.273. The van der Waals surface area contributed by atoms with Crippen molar-refractivity contribution >= 4 is 36.8 Å². The Morgan fingerprint density at radius 3 is 1.52 bits per heavy atom. The van der Waals surface area contributed by atoms with Gasteiger partial charge in [0.2, 0.25) is 0 Å². The Hall–Kier alpha value is -1.68. The van der Waals surface area contributed by atoms with Crippen molar-refractivity contribution in [3.05, 3.63) is 34.9 Å². The number of carboxylic acids is 2. The number of carboxylic acid groups (broad SMARTS) is 2. The maximum atomic E-state index is 12.5. The average Bonchev–Trinajstić information content (AvgIpc) is 2.24. The molecule has 0 saturated carbocycles. The van der Waals surface area contributed by atoms with E-state index in [4.69, 9.17) is 10.2 Å². The van der Waals surface area contributed by atoms with E-state index >= 15 is 0 Å². The molecule has 1 aromatic rings. The third-order valence-electron chi connectivity index (χ3n) is 2.49. The van der Waals surface area contributed by atoms with Gasteiger partial charge in [0.25, 0.3) is 0 Å². The zero-order chi connectivity index (χ0) is 16.6. The minimum Gasteiger partial charge on any atom is -0.478 e. The lowest BCUT2D eigenvalue weighted by molar-refractivity contribution is -0.253. The first-order valence-corrected chi connectivity index (χ1v) is 5.09. The maximum Gasteiger partial charge on any atom is 0.404 e. The first kappa shape index (κ1) is 23.6. The highest BCUT2D eigenvalue weighted by molar-refractivity contribution is 6.01. The number of alkyl halides is 6. The fourth-order valence-corrected chi connectivity index (χ4v) is 1.67. The highest BCUT2D eigenvalue weighted by Gasteiger charge is 2.57. The molecule has 4 nitrogen and oxygen atoms in total. The lowest BCUT2D eigenvalue weighted by atomic mass is 9.93. The molecule has 0 aliphatic rings. The van der Waals surface area contributed by atoms with Gasteiger partial charge in [-0.15, -0.1) is 24.8 Å². The van der Waals surface area contributed by atoms with Gasteiger partial charge in [-0.3, -0.25) is 0 Å². The molecule has 1 aromatic carbocycles. The van der Waals surface area contributed by atoms with Crippen molar-refractivity contribution in [2.75, 3.05) is 0 Å². The van der Waals surface area contributed by atoms with Crippen molar-refractivity contribution in [1.29, 1.82) is 0 Å². The van der Waals surface area contributed by atoms with E-state index in [0.717, 1.165) is 0 Å². The van der Waals surface area contributed by atoms with E-state index in [1.165, 1.54) is 0 Å². The molecular formula is C11H8Cl2F6O4. The molecule has 0 fully saturated rings. The molecule has 12 heteroatoms. The Labute approximate surface area is 136 Å². The van der Waals surface area contributed by atoms with E-state index in [2.05, 4.69) is 0 Å². The Kier molecular flexibility index (Phi) is 7.93. The van der Waals surface area contributed by atoms with Crippen LogP contribution in [0.2, 0.25) is 0 Å². The molecule has 0 saturated heterocycles. The summed E-state index contributed by atoms with van der Waals surface area (Å²) in [7, 11) is 0. The lowest BCUT2D eigenvalue weighted by Crippen LogP contribution is -2.34. The van der Waals surface area contributed by atoms with Crippen LogP contribution in [0.15, 0.2) is 18.2 Å². The molecule has 0 aliphatic carbocycles. The van der Waals surface area contributed by atoms with Gasteiger partial charge in [-0.2, -0.15) is 26.3 Å². The highest BCUT2D eigenvalue weighted by Crippen LogP contribution is 2.46. The van der Waals surface area contributed by atoms with Crippen molar-refractivity contribution < 1.29 is 46.1 Å². The number of benzene rings is 1. The van der Waals surface area contributed by atoms with E-state index < -0.39 is 46.9 Å². The van der Waals surface area contributed by atoms with Gasteiger partial charge < -0.3 is 10.2 Å². The van der Waals surface area contributed by atoms with Crippen LogP contribution in [-0.4, -0.2) is 34.5 Å². The van der Waals surface area contributed by atoms with Gasteiger partial charge in [0.1, 0.15) is 0 Å². The lowest BCUT2D eigenvalue weighted by Gasteiger charge is -2.23. The first-order chi connectivity index (χ1) is 9.35. The summed E-state index contributed by atoms with van der Waals surface area (Å²) in [5.41, 5.74) is -3.45. The summed E-state index contributed by atoms with van der Waals surface area (Å²) in [6.07, 6.45) is -11.4. The van der Waals surface area contributed by atoms with Gasteiger partial charge in [-0.05, 0) is 17.7 Å². The van der Waals surface area contributed by atoms with Crippen LogP contribution >= 0.6 is 24.8 Å². The van der Waals surface area contributed by atoms with E-state index in [9.17, 15) is 35.9 Å². The van der Waals surface area contributed by atoms with Gasteiger partial charge in [-0.1, -0.05) is 6.07 Å². The summed E-state index contributed by atoms with van der Waals surface area (Å²) >= 11 is 0. The second-order valence-electron chi connectivity index (χ2n) is 3.93. The van der Waals surface area contributed by atoms with Crippen LogP contribution in [0.25, 0.3) is 0 Å². The van der Waals surface area contributed by atoms with Gasteiger partial charge >= 0.3 is 24.3 Å². The van der Waals surface area contributed by atoms with Crippen LogP contribution in [0.1, 0.15) is 32.2 Å². The predicted octanol–water partition coefficient (Wildman–Crippen LogP) is 4.13. The fourth-order valence-electron chi connectivity index (χ4n) is 1.67. The summed E-state index contributed by atoms with van der Waals surface area (Å²) < 4.78 is 75.1. The average molecular weight is 389 g/mol. The summed E-state index contributed by atoms with van der Waals surface area (Å²) in [5, 5.41) is 17.4. The molecule has 1 rings (SSSR count). The second kappa shape index (κ2) is 7.73. The van der Waals surface area contributed by atoms with E-state index in [-0.39, 0.29) is 30.9 Å². The monoisotopic (exact) mass is 388 g/mol. The Bertz CT molecular complexity index is 571. The van der Waals surface area contributed by atoms with Crippen LogP contribution in [0.5, 0.6) is 0 Å². The molecule has 0 amide bonds. The predicted molar refractivity (Wildman–Crippen MR) is 69.7 cm³/mol. The summed E-state index contributed by atoms with van der Waals surface area (Å²) in [5.74, 6) is -7.63. The minimum atomic E-state index is -5.70. The third-order valence-corrected chi connectivity index (χ3v) is 2.49. The van der Waals surface area contributed by atoms with E-state index in [0.29, 0.717) is 12.1 Å². The largest absolute Gasteiger partial charge is 0.478 e. The third kappa shape index (κ3) is 5.47. The van der Waals surface area contributed by atoms with Crippen LogP contribution < -0.4 is 0 Å². The molecule has 0 spiro atoms.